The molecule has 0 bridgehead atoms. The quantitative estimate of drug-likeness (QED) is 0.662. The SMILES string of the molecule is COC(=O)CN(CCN1CCOCC1)C(=O)CCc1cccc(C)c1. The highest BCUT2D eigenvalue weighted by molar-refractivity contribution is 5.82. The van der Waals surface area contributed by atoms with Crippen molar-refractivity contribution in [2.45, 2.75) is 19.8 Å². The maximum atomic E-state index is 12.6. The molecule has 1 aliphatic rings. The van der Waals surface area contributed by atoms with Gasteiger partial charge in [-0.05, 0) is 18.9 Å². The summed E-state index contributed by atoms with van der Waals surface area (Å²) in [6.07, 6.45) is 1.07. The lowest BCUT2D eigenvalue weighted by molar-refractivity contribution is -0.147. The zero-order valence-corrected chi connectivity index (χ0v) is 15.2. The largest absolute Gasteiger partial charge is 0.468 e. The summed E-state index contributed by atoms with van der Waals surface area (Å²) in [7, 11) is 1.35. The van der Waals surface area contributed by atoms with Gasteiger partial charge in [0.2, 0.25) is 5.91 Å². The predicted octanol–water partition coefficient (Wildman–Crippen LogP) is 1.26. The molecule has 1 fully saturated rings. The van der Waals surface area contributed by atoms with Crippen molar-refractivity contribution >= 4 is 11.9 Å². The molecule has 6 nitrogen and oxygen atoms in total. The number of carbonyl (C=O) groups excluding carboxylic acids is 2. The summed E-state index contributed by atoms with van der Waals surface area (Å²) in [6, 6.07) is 8.15. The third kappa shape index (κ3) is 6.84. The molecule has 0 radical (unpaired) electrons. The van der Waals surface area contributed by atoms with E-state index in [1.807, 2.05) is 25.1 Å². The molecule has 1 aliphatic heterocycles. The monoisotopic (exact) mass is 348 g/mol. The van der Waals surface area contributed by atoms with E-state index in [1.54, 1.807) is 4.90 Å². The van der Waals surface area contributed by atoms with Gasteiger partial charge in [0, 0.05) is 32.6 Å². The van der Waals surface area contributed by atoms with Gasteiger partial charge in [-0.3, -0.25) is 14.5 Å². The number of amides is 1. The Labute approximate surface area is 149 Å². The van der Waals surface area contributed by atoms with Gasteiger partial charge >= 0.3 is 5.97 Å². The van der Waals surface area contributed by atoms with Gasteiger partial charge in [-0.1, -0.05) is 29.8 Å². The Bertz CT molecular complexity index is 570. The number of morpholine rings is 1. The Morgan fingerprint density at radius 3 is 2.72 bits per heavy atom. The maximum Gasteiger partial charge on any atom is 0.325 e. The minimum absolute atomic E-state index is 0.00743. The number of aryl methyl sites for hydroxylation is 2. The number of benzene rings is 1. The van der Waals surface area contributed by atoms with Gasteiger partial charge in [0.25, 0.3) is 0 Å². The molecule has 0 unspecified atom stereocenters. The highest BCUT2D eigenvalue weighted by Crippen LogP contribution is 2.08. The Morgan fingerprint density at radius 2 is 2.04 bits per heavy atom. The zero-order valence-electron chi connectivity index (χ0n) is 15.2. The van der Waals surface area contributed by atoms with Crippen LogP contribution in [0.5, 0.6) is 0 Å². The summed E-state index contributed by atoms with van der Waals surface area (Å²) in [5, 5.41) is 0. The van der Waals surface area contributed by atoms with Crippen LogP contribution < -0.4 is 0 Å². The van der Waals surface area contributed by atoms with Crippen molar-refractivity contribution in [3.05, 3.63) is 35.4 Å². The fourth-order valence-electron chi connectivity index (χ4n) is 2.88. The first-order valence-electron chi connectivity index (χ1n) is 8.78. The maximum absolute atomic E-state index is 12.6. The molecule has 1 aromatic carbocycles. The molecule has 1 amide bonds. The third-order valence-electron chi connectivity index (χ3n) is 4.40. The predicted molar refractivity (Wildman–Crippen MR) is 95.4 cm³/mol. The standard InChI is InChI=1S/C19H28N2O4/c1-16-4-3-5-17(14-16)6-7-18(22)21(15-19(23)24-2)9-8-20-10-12-25-13-11-20/h3-5,14H,6-13,15H2,1-2H3. The van der Waals surface area contributed by atoms with E-state index in [2.05, 4.69) is 11.0 Å². The second-order valence-electron chi connectivity index (χ2n) is 6.33. The fourth-order valence-corrected chi connectivity index (χ4v) is 2.88. The highest BCUT2D eigenvalue weighted by atomic mass is 16.5. The van der Waals surface area contributed by atoms with Crippen LogP contribution in [0, 0.1) is 6.92 Å². The van der Waals surface area contributed by atoms with Crippen molar-refractivity contribution in [1.82, 2.24) is 9.80 Å². The molecule has 0 atom stereocenters. The van der Waals surface area contributed by atoms with Crippen LogP contribution in [0.25, 0.3) is 0 Å². The number of hydrogen-bond acceptors (Lipinski definition) is 5. The van der Waals surface area contributed by atoms with E-state index in [-0.39, 0.29) is 18.4 Å². The van der Waals surface area contributed by atoms with Crippen molar-refractivity contribution in [3.63, 3.8) is 0 Å². The number of nitrogens with zero attached hydrogens (tertiary/aromatic N) is 2. The Kier molecular flexibility index (Phi) is 7.88. The molecule has 1 aromatic rings. The summed E-state index contributed by atoms with van der Waals surface area (Å²) >= 11 is 0. The second kappa shape index (κ2) is 10.2. The molecule has 1 saturated heterocycles. The molecular weight excluding hydrogens is 320 g/mol. The Balaban J connectivity index is 1.88. The molecular formula is C19H28N2O4. The normalized spacial score (nSPS) is 15.0. The van der Waals surface area contributed by atoms with E-state index in [4.69, 9.17) is 9.47 Å². The average Bonchev–Trinajstić information content (AvgIpc) is 2.63. The summed E-state index contributed by atoms with van der Waals surface area (Å²) in [5.41, 5.74) is 2.32. The molecule has 0 aromatic heterocycles. The first-order chi connectivity index (χ1) is 12.1. The fraction of sp³-hybridized carbons (Fsp3) is 0.579. The first kappa shape index (κ1) is 19.4. The number of ether oxygens (including phenoxy) is 2. The smallest absolute Gasteiger partial charge is 0.325 e. The first-order valence-corrected chi connectivity index (χ1v) is 8.78. The lowest BCUT2D eigenvalue weighted by atomic mass is 10.1. The number of rotatable bonds is 8. The Morgan fingerprint density at radius 1 is 1.28 bits per heavy atom. The van der Waals surface area contributed by atoms with Crippen LogP contribution >= 0.6 is 0 Å². The highest BCUT2D eigenvalue weighted by Gasteiger charge is 2.19. The molecule has 2 rings (SSSR count). The van der Waals surface area contributed by atoms with Crippen molar-refractivity contribution in [1.29, 1.82) is 0 Å². The molecule has 0 spiro atoms. The van der Waals surface area contributed by atoms with Gasteiger partial charge < -0.3 is 14.4 Å². The van der Waals surface area contributed by atoms with Gasteiger partial charge in [0.15, 0.2) is 0 Å². The van der Waals surface area contributed by atoms with E-state index in [1.165, 1.54) is 12.7 Å². The van der Waals surface area contributed by atoms with Crippen LogP contribution in [0.1, 0.15) is 17.5 Å². The number of methoxy groups -OCH3 is 1. The van der Waals surface area contributed by atoms with Gasteiger partial charge in [-0.25, -0.2) is 0 Å². The second-order valence-corrected chi connectivity index (χ2v) is 6.33. The third-order valence-corrected chi connectivity index (χ3v) is 4.40. The minimum atomic E-state index is -0.383. The van der Waals surface area contributed by atoms with Crippen molar-refractivity contribution < 1.29 is 19.1 Å². The summed E-state index contributed by atoms with van der Waals surface area (Å²) in [6.45, 7) is 6.49. The van der Waals surface area contributed by atoms with Crippen molar-refractivity contribution in [2.75, 3.05) is 53.0 Å². The summed E-state index contributed by atoms with van der Waals surface area (Å²) < 4.78 is 10.1. The molecule has 0 saturated carbocycles. The van der Waals surface area contributed by atoms with E-state index >= 15 is 0 Å². The Hall–Kier alpha value is -1.92. The molecule has 0 N–H and O–H groups in total. The zero-order chi connectivity index (χ0) is 18.1. The molecule has 1 heterocycles. The van der Waals surface area contributed by atoms with E-state index in [9.17, 15) is 9.59 Å². The molecule has 6 heteroatoms. The van der Waals surface area contributed by atoms with Crippen LogP contribution in [-0.2, 0) is 25.5 Å². The molecule has 25 heavy (non-hydrogen) atoms. The van der Waals surface area contributed by atoms with E-state index < -0.39 is 0 Å². The lowest BCUT2D eigenvalue weighted by Crippen LogP contribution is -2.44. The number of hydrogen-bond donors (Lipinski definition) is 0. The summed E-state index contributed by atoms with van der Waals surface area (Å²) in [5.74, 6) is -0.397. The van der Waals surface area contributed by atoms with Crippen LogP contribution in [0.2, 0.25) is 0 Å². The van der Waals surface area contributed by atoms with Crippen molar-refractivity contribution in [3.8, 4) is 0 Å². The number of carbonyl (C=O) groups is 2. The van der Waals surface area contributed by atoms with E-state index in [0.717, 1.165) is 38.4 Å². The average molecular weight is 348 g/mol. The molecule has 0 aliphatic carbocycles. The lowest BCUT2D eigenvalue weighted by Gasteiger charge is -2.29. The van der Waals surface area contributed by atoms with E-state index in [0.29, 0.717) is 19.4 Å². The van der Waals surface area contributed by atoms with Crippen LogP contribution in [0.15, 0.2) is 24.3 Å². The van der Waals surface area contributed by atoms with Crippen molar-refractivity contribution in [2.24, 2.45) is 0 Å². The van der Waals surface area contributed by atoms with Gasteiger partial charge in [0.1, 0.15) is 6.54 Å². The topological polar surface area (TPSA) is 59.1 Å². The number of esters is 1. The minimum Gasteiger partial charge on any atom is -0.468 e. The van der Waals surface area contributed by atoms with Gasteiger partial charge in [-0.15, -0.1) is 0 Å². The summed E-state index contributed by atoms with van der Waals surface area (Å²) in [4.78, 5) is 28.1. The van der Waals surface area contributed by atoms with Crippen LogP contribution in [0.4, 0.5) is 0 Å². The van der Waals surface area contributed by atoms with Gasteiger partial charge in [-0.2, -0.15) is 0 Å². The van der Waals surface area contributed by atoms with Gasteiger partial charge in [0.05, 0.1) is 20.3 Å². The van der Waals surface area contributed by atoms with Crippen LogP contribution in [-0.4, -0.2) is 74.7 Å². The van der Waals surface area contributed by atoms with Crippen LogP contribution in [0.3, 0.4) is 0 Å². The molecule has 138 valence electrons.